The van der Waals surface area contributed by atoms with E-state index in [9.17, 15) is 4.79 Å². The second-order valence-electron chi connectivity index (χ2n) is 6.14. The normalized spacial score (nSPS) is 33.5. The standard InChI is InChI=1S/C13H23NO2/c1-12(2)10(9-14-7-5-6-8-14)11(15)13(3,4)16-12/h10H,5-9H2,1-4H3. The van der Waals surface area contributed by atoms with Gasteiger partial charge in [0.1, 0.15) is 5.60 Å². The van der Waals surface area contributed by atoms with Gasteiger partial charge in [-0.2, -0.15) is 0 Å². The number of hydrogen-bond acceptors (Lipinski definition) is 3. The van der Waals surface area contributed by atoms with Gasteiger partial charge in [-0.15, -0.1) is 0 Å². The Labute approximate surface area is 98.1 Å². The molecule has 92 valence electrons. The van der Waals surface area contributed by atoms with E-state index in [1.54, 1.807) is 0 Å². The van der Waals surface area contributed by atoms with Crippen LogP contribution in [-0.2, 0) is 9.53 Å². The Morgan fingerprint density at radius 2 is 1.81 bits per heavy atom. The van der Waals surface area contributed by atoms with Crippen molar-refractivity contribution in [3.05, 3.63) is 0 Å². The quantitative estimate of drug-likeness (QED) is 0.718. The predicted molar refractivity (Wildman–Crippen MR) is 63.4 cm³/mol. The number of nitrogens with zero attached hydrogens (tertiary/aromatic N) is 1. The molecule has 2 heterocycles. The molecule has 2 fully saturated rings. The molecule has 0 spiro atoms. The third-order valence-electron chi connectivity index (χ3n) is 3.91. The first-order chi connectivity index (χ1) is 7.33. The Balaban J connectivity index is 2.09. The molecule has 0 aromatic rings. The number of Topliss-reactive ketones (excluding diaryl/α,β-unsaturated/α-hetero) is 1. The first-order valence-electron chi connectivity index (χ1n) is 6.30. The van der Waals surface area contributed by atoms with Crippen LogP contribution < -0.4 is 0 Å². The molecule has 2 saturated heterocycles. The number of ketones is 1. The summed E-state index contributed by atoms with van der Waals surface area (Å²) in [4.78, 5) is 14.7. The van der Waals surface area contributed by atoms with E-state index in [0.29, 0.717) is 0 Å². The van der Waals surface area contributed by atoms with Gasteiger partial charge >= 0.3 is 0 Å². The van der Waals surface area contributed by atoms with E-state index in [1.807, 2.05) is 27.7 Å². The molecular formula is C13H23NO2. The first kappa shape index (κ1) is 12.1. The molecule has 0 aliphatic carbocycles. The second-order valence-corrected chi connectivity index (χ2v) is 6.14. The maximum Gasteiger partial charge on any atom is 0.171 e. The fourth-order valence-electron chi connectivity index (χ4n) is 3.04. The van der Waals surface area contributed by atoms with Gasteiger partial charge in [-0.3, -0.25) is 4.79 Å². The molecule has 0 bridgehead atoms. The minimum atomic E-state index is -0.603. The average Bonchev–Trinajstić information content (AvgIpc) is 2.67. The van der Waals surface area contributed by atoms with Crippen molar-refractivity contribution in [2.45, 2.75) is 51.7 Å². The van der Waals surface area contributed by atoms with Crippen molar-refractivity contribution in [2.75, 3.05) is 19.6 Å². The summed E-state index contributed by atoms with van der Waals surface area (Å²) in [5.74, 6) is 0.296. The smallest absolute Gasteiger partial charge is 0.171 e. The predicted octanol–water partition coefficient (Wildman–Crippen LogP) is 1.85. The molecule has 16 heavy (non-hydrogen) atoms. The van der Waals surface area contributed by atoms with E-state index in [-0.39, 0.29) is 17.3 Å². The van der Waals surface area contributed by atoms with Gasteiger partial charge in [0.15, 0.2) is 5.78 Å². The molecule has 1 unspecified atom stereocenters. The molecule has 0 radical (unpaired) electrons. The van der Waals surface area contributed by atoms with Gasteiger partial charge in [0.2, 0.25) is 0 Å². The lowest BCUT2D eigenvalue weighted by atomic mass is 9.85. The van der Waals surface area contributed by atoms with Crippen LogP contribution in [0.5, 0.6) is 0 Å². The topological polar surface area (TPSA) is 29.5 Å². The van der Waals surface area contributed by atoms with Gasteiger partial charge in [-0.1, -0.05) is 0 Å². The number of carbonyl (C=O) groups is 1. The lowest BCUT2D eigenvalue weighted by Gasteiger charge is -2.28. The van der Waals surface area contributed by atoms with Gasteiger partial charge in [-0.25, -0.2) is 0 Å². The zero-order chi connectivity index (χ0) is 12.0. The highest BCUT2D eigenvalue weighted by Gasteiger charge is 2.53. The van der Waals surface area contributed by atoms with E-state index < -0.39 is 5.60 Å². The number of hydrogen-bond donors (Lipinski definition) is 0. The summed E-state index contributed by atoms with van der Waals surface area (Å²) in [6, 6.07) is 0. The van der Waals surface area contributed by atoms with Crippen molar-refractivity contribution in [2.24, 2.45) is 5.92 Å². The minimum Gasteiger partial charge on any atom is -0.361 e. The molecular weight excluding hydrogens is 202 g/mol. The summed E-state index contributed by atoms with van der Waals surface area (Å²) < 4.78 is 5.90. The van der Waals surface area contributed by atoms with Crippen molar-refractivity contribution in [1.29, 1.82) is 0 Å². The Bertz CT molecular complexity index is 290. The first-order valence-corrected chi connectivity index (χ1v) is 6.30. The summed E-state index contributed by atoms with van der Waals surface area (Å²) in [7, 11) is 0. The van der Waals surface area contributed by atoms with Crippen LogP contribution in [0.1, 0.15) is 40.5 Å². The third-order valence-corrected chi connectivity index (χ3v) is 3.91. The van der Waals surface area contributed by atoms with Crippen molar-refractivity contribution in [3.63, 3.8) is 0 Å². The van der Waals surface area contributed by atoms with Crippen LogP contribution in [0.15, 0.2) is 0 Å². The zero-order valence-electron chi connectivity index (χ0n) is 10.9. The average molecular weight is 225 g/mol. The van der Waals surface area contributed by atoms with E-state index in [2.05, 4.69) is 4.90 Å². The van der Waals surface area contributed by atoms with Gasteiger partial charge < -0.3 is 9.64 Å². The Morgan fingerprint density at radius 3 is 2.25 bits per heavy atom. The Morgan fingerprint density at radius 1 is 1.25 bits per heavy atom. The lowest BCUT2D eigenvalue weighted by molar-refractivity contribution is -0.132. The number of carbonyl (C=O) groups excluding carboxylic acids is 1. The highest BCUT2D eigenvalue weighted by Crippen LogP contribution is 2.39. The number of ether oxygens (including phenoxy) is 1. The van der Waals surface area contributed by atoms with E-state index in [4.69, 9.17) is 4.74 Å². The Hall–Kier alpha value is -0.410. The molecule has 1 atom stereocenters. The highest BCUT2D eigenvalue weighted by molar-refractivity contribution is 5.91. The summed E-state index contributed by atoms with van der Waals surface area (Å²) >= 11 is 0. The Kier molecular flexibility index (Phi) is 2.87. The van der Waals surface area contributed by atoms with E-state index >= 15 is 0 Å². The molecule has 0 aromatic carbocycles. The summed E-state index contributed by atoms with van der Waals surface area (Å²) in [5.41, 5.74) is -0.920. The largest absolute Gasteiger partial charge is 0.361 e. The summed E-state index contributed by atoms with van der Waals surface area (Å²) in [6.45, 7) is 11.0. The molecule has 0 aromatic heterocycles. The fourth-order valence-corrected chi connectivity index (χ4v) is 3.04. The maximum absolute atomic E-state index is 12.3. The van der Waals surface area contributed by atoms with Crippen LogP contribution in [-0.4, -0.2) is 41.5 Å². The molecule has 0 N–H and O–H groups in total. The maximum atomic E-state index is 12.3. The van der Waals surface area contributed by atoms with Crippen LogP contribution in [0.25, 0.3) is 0 Å². The van der Waals surface area contributed by atoms with Crippen LogP contribution in [0.4, 0.5) is 0 Å². The van der Waals surface area contributed by atoms with Crippen LogP contribution >= 0.6 is 0 Å². The highest BCUT2D eigenvalue weighted by atomic mass is 16.5. The molecule has 2 aliphatic rings. The second kappa shape index (κ2) is 3.81. The monoisotopic (exact) mass is 225 g/mol. The molecule has 2 rings (SSSR count). The molecule has 3 heteroatoms. The van der Waals surface area contributed by atoms with Crippen LogP contribution in [0, 0.1) is 5.92 Å². The SMILES string of the molecule is CC1(C)OC(C)(C)C(CN2CCCC2)C1=O. The minimum absolute atomic E-state index is 0.0283. The molecule has 0 saturated carbocycles. The van der Waals surface area contributed by atoms with Gasteiger partial charge in [0, 0.05) is 6.54 Å². The van der Waals surface area contributed by atoms with E-state index in [0.717, 1.165) is 19.6 Å². The molecule has 0 amide bonds. The van der Waals surface area contributed by atoms with Gasteiger partial charge in [0.05, 0.1) is 11.5 Å². The summed E-state index contributed by atoms with van der Waals surface area (Å²) in [6.07, 6.45) is 2.54. The van der Waals surface area contributed by atoms with Gasteiger partial charge in [-0.05, 0) is 53.6 Å². The molecule has 3 nitrogen and oxygen atoms in total. The van der Waals surface area contributed by atoms with Crippen molar-refractivity contribution < 1.29 is 9.53 Å². The van der Waals surface area contributed by atoms with Crippen molar-refractivity contribution >= 4 is 5.78 Å². The number of likely N-dealkylation sites (tertiary alicyclic amines) is 1. The number of rotatable bonds is 2. The zero-order valence-corrected chi connectivity index (χ0v) is 10.9. The fraction of sp³-hybridized carbons (Fsp3) is 0.923. The van der Waals surface area contributed by atoms with E-state index in [1.165, 1.54) is 12.8 Å². The van der Waals surface area contributed by atoms with Crippen molar-refractivity contribution in [3.8, 4) is 0 Å². The van der Waals surface area contributed by atoms with Crippen molar-refractivity contribution in [1.82, 2.24) is 4.90 Å². The van der Waals surface area contributed by atoms with Crippen LogP contribution in [0.3, 0.4) is 0 Å². The molecule has 2 aliphatic heterocycles. The summed E-state index contributed by atoms with van der Waals surface area (Å²) in [5, 5.41) is 0. The van der Waals surface area contributed by atoms with Crippen LogP contribution in [0.2, 0.25) is 0 Å². The van der Waals surface area contributed by atoms with Gasteiger partial charge in [0.25, 0.3) is 0 Å². The lowest BCUT2D eigenvalue weighted by Crippen LogP contribution is -2.40. The third kappa shape index (κ3) is 2.03.